The van der Waals surface area contributed by atoms with E-state index in [9.17, 15) is 0 Å². The van der Waals surface area contributed by atoms with E-state index < -0.39 is 0 Å². The molecule has 1 aliphatic rings. The van der Waals surface area contributed by atoms with Crippen LogP contribution in [0.4, 0.5) is 0 Å². The van der Waals surface area contributed by atoms with E-state index in [0.29, 0.717) is 12.6 Å². The highest BCUT2D eigenvalue weighted by Crippen LogP contribution is 2.40. The van der Waals surface area contributed by atoms with Crippen molar-refractivity contribution in [2.24, 2.45) is 5.73 Å². The lowest BCUT2D eigenvalue weighted by atomic mass is 10.0. The molecular formula is C17H19ClN2. The molecule has 1 heterocycles. The third-order valence-corrected chi connectivity index (χ3v) is 4.46. The summed E-state index contributed by atoms with van der Waals surface area (Å²) in [5, 5.41) is 0.788. The van der Waals surface area contributed by atoms with Gasteiger partial charge in [0.25, 0.3) is 0 Å². The zero-order chi connectivity index (χ0) is 14.1. The Bertz CT molecular complexity index is 597. The quantitative estimate of drug-likeness (QED) is 0.927. The predicted molar refractivity (Wildman–Crippen MR) is 83.6 cm³/mol. The molecule has 0 radical (unpaired) electrons. The van der Waals surface area contributed by atoms with Crippen LogP contribution < -0.4 is 5.73 Å². The molecule has 0 saturated heterocycles. The van der Waals surface area contributed by atoms with Crippen molar-refractivity contribution in [3.63, 3.8) is 0 Å². The second-order valence-electron chi connectivity index (χ2n) is 5.35. The molecular weight excluding hydrogens is 268 g/mol. The van der Waals surface area contributed by atoms with E-state index in [4.69, 9.17) is 17.3 Å². The van der Waals surface area contributed by atoms with Gasteiger partial charge in [0, 0.05) is 30.2 Å². The van der Waals surface area contributed by atoms with Gasteiger partial charge in [0.2, 0.25) is 0 Å². The Morgan fingerprint density at radius 2 is 2.00 bits per heavy atom. The third-order valence-electron chi connectivity index (χ3n) is 4.22. The normalized spacial score (nSPS) is 19.9. The first-order valence-electron chi connectivity index (χ1n) is 7.00. The fraction of sp³-hybridized carbons (Fsp3) is 0.294. The summed E-state index contributed by atoms with van der Waals surface area (Å²) in [7, 11) is 0. The maximum absolute atomic E-state index is 6.13. The highest BCUT2D eigenvalue weighted by atomic mass is 35.5. The van der Waals surface area contributed by atoms with Crippen molar-refractivity contribution in [3.8, 4) is 0 Å². The molecule has 2 N–H and O–H groups in total. The van der Waals surface area contributed by atoms with Crippen LogP contribution in [0.25, 0.3) is 0 Å². The maximum atomic E-state index is 6.13. The van der Waals surface area contributed by atoms with Crippen LogP contribution in [0.5, 0.6) is 0 Å². The molecule has 3 rings (SSSR count). The van der Waals surface area contributed by atoms with Crippen LogP contribution in [-0.2, 0) is 6.54 Å². The van der Waals surface area contributed by atoms with Crippen LogP contribution in [0.1, 0.15) is 35.7 Å². The number of halogens is 1. The number of nitrogens with zero attached hydrogens (tertiary/aromatic N) is 1. The summed E-state index contributed by atoms with van der Waals surface area (Å²) in [5.41, 5.74) is 9.96. The molecule has 0 bridgehead atoms. The Balaban J connectivity index is 1.93. The van der Waals surface area contributed by atoms with Gasteiger partial charge in [0.1, 0.15) is 0 Å². The summed E-state index contributed by atoms with van der Waals surface area (Å²) < 4.78 is 0. The van der Waals surface area contributed by atoms with Gasteiger partial charge in [-0.15, -0.1) is 0 Å². The van der Waals surface area contributed by atoms with Crippen molar-refractivity contribution >= 4 is 11.6 Å². The molecule has 104 valence electrons. The number of benzene rings is 2. The van der Waals surface area contributed by atoms with Crippen LogP contribution in [0.3, 0.4) is 0 Å². The molecule has 2 unspecified atom stereocenters. The maximum Gasteiger partial charge on any atom is 0.0483 e. The summed E-state index contributed by atoms with van der Waals surface area (Å²) in [6, 6.07) is 17.3. The minimum atomic E-state index is 0.249. The zero-order valence-electron chi connectivity index (χ0n) is 11.6. The van der Waals surface area contributed by atoms with E-state index in [1.54, 1.807) is 0 Å². The molecule has 2 aromatic carbocycles. The largest absolute Gasteiger partial charge is 0.329 e. The summed E-state index contributed by atoms with van der Waals surface area (Å²) in [6.45, 7) is 3.79. The Morgan fingerprint density at radius 3 is 2.70 bits per heavy atom. The molecule has 0 saturated carbocycles. The number of nitrogens with two attached hydrogens (primary N) is 1. The highest BCUT2D eigenvalue weighted by Gasteiger charge is 2.32. The van der Waals surface area contributed by atoms with E-state index in [1.807, 2.05) is 6.07 Å². The van der Waals surface area contributed by atoms with Crippen molar-refractivity contribution in [1.29, 1.82) is 0 Å². The molecule has 0 fully saturated rings. The molecule has 2 aromatic rings. The van der Waals surface area contributed by atoms with E-state index in [-0.39, 0.29) is 6.04 Å². The van der Waals surface area contributed by atoms with Gasteiger partial charge >= 0.3 is 0 Å². The lowest BCUT2D eigenvalue weighted by molar-refractivity contribution is 0.161. The third kappa shape index (κ3) is 2.35. The van der Waals surface area contributed by atoms with E-state index in [1.165, 1.54) is 16.7 Å². The lowest BCUT2D eigenvalue weighted by Crippen LogP contribution is -2.30. The molecule has 20 heavy (non-hydrogen) atoms. The topological polar surface area (TPSA) is 29.3 Å². The smallest absolute Gasteiger partial charge is 0.0483 e. The molecule has 0 aromatic heterocycles. The molecule has 0 aliphatic carbocycles. The predicted octanol–water partition coefficient (Wildman–Crippen LogP) is 3.92. The fourth-order valence-corrected chi connectivity index (χ4v) is 3.28. The van der Waals surface area contributed by atoms with Gasteiger partial charge in [0.05, 0.1) is 0 Å². The number of fused-ring (bicyclic) bond motifs is 1. The van der Waals surface area contributed by atoms with Gasteiger partial charge < -0.3 is 5.73 Å². The van der Waals surface area contributed by atoms with Crippen LogP contribution in [-0.4, -0.2) is 11.4 Å². The summed E-state index contributed by atoms with van der Waals surface area (Å²) in [5.74, 6) is 0. The first-order chi connectivity index (χ1) is 9.70. The van der Waals surface area contributed by atoms with Crippen molar-refractivity contribution in [3.05, 3.63) is 70.2 Å². The summed E-state index contributed by atoms with van der Waals surface area (Å²) in [4.78, 5) is 2.45. The van der Waals surface area contributed by atoms with Gasteiger partial charge in [-0.1, -0.05) is 48.0 Å². The number of hydrogen-bond acceptors (Lipinski definition) is 2. The molecule has 3 heteroatoms. The second-order valence-corrected chi connectivity index (χ2v) is 5.79. The van der Waals surface area contributed by atoms with Crippen molar-refractivity contribution < 1.29 is 0 Å². The lowest BCUT2D eigenvalue weighted by Gasteiger charge is -2.30. The van der Waals surface area contributed by atoms with Gasteiger partial charge in [-0.25, -0.2) is 0 Å². The van der Waals surface area contributed by atoms with Gasteiger partial charge in [0.15, 0.2) is 0 Å². The first-order valence-corrected chi connectivity index (χ1v) is 7.37. The number of hydrogen-bond donors (Lipinski definition) is 1. The monoisotopic (exact) mass is 286 g/mol. The average Bonchev–Trinajstić information content (AvgIpc) is 2.85. The molecule has 2 nitrogen and oxygen atoms in total. The second kappa shape index (κ2) is 5.57. The van der Waals surface area contributed by atoms with Gasteiger partial charge in [-0.05, 0) is 35.7 Å². The Labute approximate surface area is 125 Å². The average molecular weight is 287 g/mol. The van der Waals surface area contributed by atoms with Crippen LogP contribution in [0, 0.1) is 0 Å². The fourth-order valence-electron chi connectivity index (χ4n) is 3.10. The van der Waals surface area contributed by atoms with Gasteiger partial charge in [-0.3, -0.25) is 4.90 Å². The van der Waals surface area contributed by atoms with Crippen LogP contribution >= 0.6 is 11.6 Å². The van der Waals surface area contributed by atoms with E-state index >= 15 is 0 Å². The molecule has 2 atom stereocenters. The van der Waals surface area contributed by atoms with E-state index in [2.05, 4.69) is 54.3 Å². The Kier molecular flexibility index (Phi) is 3.79. The van der Waals surface area contributed by atoms with Gasteiger partial charge in [-0.2, -0.15) is 0 Å². The zero-order valence-corrected chi connectivity index (χ0v) is 12.3. The van der Waals surface area contributed by atoms with Crippen molar-refractivity contribution in [2.45, 2.75) is 25.6 Å². The van der Waals surface area contributed by atoms with Crippen molar-refractivity contribution in [2.75, 3.05) is 6.54 Å². The van der Waals surface area contributed by atoms with E-state index in [0.717, 1.165) is 11.6 Å². The molecule has 0 spiro atoms. The minimum absolute atomic E-state index is 0.249. The minimum Gasteiger partial charge on any atom is -0.329 e. The van der Waals surface area contributed by atoms with Crippen molar-refractivity contribution in [1.82, 2.24) is 4.90 Å². The van der Waals surface area contributed by atoms with Crippen LogP contribution in [0.2, 0.25) is 5.02 Å². The Morgan fingerprint density at radius 1 is 1.25 bits per heavy atom. The number of rotatable bonds is 3. The summed E-state index contributed by atoms with van der Waals surface area (Å²) in [6.07, 6.45) is 0. The first kappa shape index (κ1) is 13.6. The standard InChI is InChI=1S/C17H19ClN2/c1-12(13-5-3-2-4-6-13)20-11-14-7-8-15(18)9-16(14)17(20)10-19/h2-9,12,17H,10-11,19H2,1H3. The van der Waals surface area contributed by atoms with Crippen LogP contribution in [0.15, 0.2) is 48.5 Å². The molecule has 1 aliphatic heterocycles. The Hall–Kier alpha value is -1.35. The summed E-state index contributed by atoms with van der Waals surface area (Å²) >= 11 is 6.13. The highest BCUT2D eigenvalue weighted by molar-refractivity contribution is 6.30. The SMILES string of the molecule is CC(c1ccccc1)N1Cc2ccc(Cl)cc2C1CN. The molecule has 0 amide bonds.